The van der Waals surface area contributed by atoms with Gasteiger partial charge in [-0.3, -0.25) is 9.89 Å². The highest BCUT2D eigenvalue weighted by Gasteiger charge is 2.21. The highest BCUT2D eigenvalue weighted by Crippen LogP contribution is 2.40. The van der Waals surface area contributed by atoms with Crippen molar-refractivity contribution < 1.29 is 4.39 Å². The highest BCUT2D eigenvalue weighted by atomic mass is 32.1. The van der Waals surface area contributed by atoms with Crippen molar-refractivity contribution in [3.63, 3.8) is 0 Å². The molecule has 1 N–H and O–H groups in total. The van der Waals surface area contributed by atoms with Crippen molar-refractivity contribution in [2.24, 2.45) is 4.99 Å². The SMILES string of the molecule is Cc1[nH]n(-c2ccc(F)cc2)c(=O)c1/C=N/c1sc2c(c1C#N)CCC2. The Morgan fingerprint density at radius 2 is 2.12 bits per heavy atom. The zero-order valence-corrected chi connectivity index (χ0v) is 14.9. The van der Waals surface area contributed by atoms with Crippen LogP contribution < -0.4 is 5.56 Å². The van der Waals surface area contributed by atoms with Gasteiger partial charge in [-0.1, -0.05) is 0 Å². The van der Waals surface area contributed by atoms with Crippen LogP contribution in [0, 0.1) is 24.1 Å². The van der Waals surface area contributed by atoms with Gasteiger partial charge in [-0.15, -0.1) is 11.3 Å². The van der Waals surface area contributed by atoms with Crippen LogP contribution in [0.2, 0.25) is 0 Å². The molecule has 5 nitrogen and oxygen atoms in total. The molecule has 0 amide bonds. The van der Waals surface area contributed by atoms with E-state index in [0.29, 0.717) is 27.5 Å². The number of nitriles is 1. The smallest absolute Gasteiger partial charge is 0.280 e. The van der Waals surface area contributed by atoms with E-state index in [1.54, 1.807) is 6.92 Å². The number of aryl methyl sites for hydroxylation is 2. The van der Waals surface area contributed by atoms with Gasteiger partial charge in [0, 0.05) is 16.8 Å². The first-order chi connectivity index (χ1) is 12.6. The number of H-pyrrole nitrogens is 1. The van der Waals surface area contributed by atoms with Crippen LogP contribution in [0.1, 0.15) is 33.7 Å². The molecule has 0 fully saturated rings. The summed E-state index contributed by atoms with van der Waals surface area (Å²) in [6.07, 6.45) is 4.50. The maximum Gasteiger partial charge on any atom is 0.280 e. The van der Waals surface area contributed by atoms with E-state index in [4.69, 9.17) is 0 Å². The van der Waals surface area contributed by atoms with Gasteiger partial charge in [0.25, 0.3) is 5.56 Å². The van der Waals surface area contributed by atoms with Gasteiger partial charge < -0.3 is 0 Å². The summed E-state index contributed by atoms with van der Waals surface area (Å²) in [4.78, 5) is 18.3. The lowest BCUT2D eigenvalue weighted by Gasteiger charge is -2.00. The number of halogens is 1. The molecular weight excluding hydrogens is 351 g/mol. The molecule has 1 aromatic carbocycles. The van der Waals surface area contributed by atoms with Crippen LogP contribution in [0.15, 0.2) is 34.1 Å². The van der Waals surface area contributed by atoms with E-state index in [1.807, 2.05) is 0 Å². The molecule has 2 heterocycles. The molecule has 26 heavy (non-hydrogen) atoms. The summed E-state index contributed by atoms with van der Waals surface area (Å²) in [5.74, 6) is -0.360. The van der Waals surface area contributed by atoms with E-state index in [9.17, 15) is 14.4 Å². The molecular formula is C19H15FN4OS. The summed E-state index contributed by atoms with van der Waals surface area (Å²) in [5.41, 5.74) is 3.11. The normalized spacial score (nSPS) is 13.3. The van der Waals surface area contributed by atoms with Crippen LogP contribution in [0.3, 0.4) is 0 Å². The molecule has 130 valence electrons. The molecule has 0 saturated heterocycles. The molecule has 0 unspecified atom stereocenters. The first-order valence-electron chi connectivity index (χ1n) is 8.24. The van der Waals surface area contributed by atoms with Crippen LogP contribution in [0.5, 0.6) is 0 Å². The van der Waals surface area contributed by atoms with Crippen molar-refractivity contribution in [3.8, 4) is 11.8 Å². The average molecular weight is 366 g/mol. The molecule has 0 radical (unpaired) electrons. The molecule has 1 aliphatic carbocycles. The summed E-state index contributed by atoms with van der Waals surface area (Å²) in [5, 5.41) is 13.1. The molecule has 0 spiro atoms. The lowest BCUT2D eigenvalue weighted by Crippen LogP contribution is -2.17. The Bertz CT molecular complexity index is 1110. The number of rotatable bonds is 3. The molecule has 7 heteroatoms. The van der Waals surface area contributed by atoms with Crippen LogP contribution in [-0.2, 0) is 12.8 Å². The van der Waals surface area contributed by atoms with Gasteiger partial charge in [0.1, 0.15) is 16.9 Å². The summed E-state index contributed by atoms with van der Waals surface area (Å²) < 4.78 is 14.4. The third kappa shape index (κ3) is 2.68. The van der Waals surface area contributed by atoms with Gasteiger partial charge in [-0.2, -0.15) is 5.26 Å². The fourth-order valence-corrected chi connectivity index (χ4v) is 4.39. The van der Waals surface area contributed by atoms with Crippen molar-refractivity contribution in [2.45, 2.75) is 26.2 Å². The zero-order valence-electron chi connectivity index (χ0n) is 14.0. The second kappa shape index (κ2) is 6.39. The summed E-state index contributed by atoms with van der Waals surface area (Å²) >= 11 is 1.53. The lowest BCUT2D eigenvalue weighted by molar-refractivity contribution is 0.627. The van der Waals surface area contributed by atoms with E-state index in [0.717, 1.165) is 24.8 Å². The summed E-state index contributed by atoms with van der Waals surface area (Å²) in [6, 6.07) is 7.92. The van der Waals surface area contributed by atoms with Gasteiger partial charge >= 0.3 is 0 Å². The fraction of sp³-hybridized carbons (Fsp3) is 0.211. The van der Waals surface area contributed by atoms with Gasteiger partial charge in [0.2, 0.25) is 0 Å². The van der Waals surface area contributed by atoms with E-state index < -0.39 is 0 Å². The number of aromatic amines is 1. The van der Waals surface area contributed by atoms with Crippen LogP contribution in [-0.4, -0.2) is 16.0 Å². The number of aromatic nitrogens is 2. The fourth-order valence-electron chi connectivity index (χ4n) is 3.20. The second-order valence-corrected chi connectivity index (χ2v) is 7.26. The molecule has 1 aliphatic rings. The number of hydrogen-bond acceptors (Lipinski definition) is 4. The van der Waals surface area contributed by atoms with Crippen LogP contribution >= 0.6 is 11.3 Å². The minimum atomic E-state index is -0.360. The Kier molecular flexibility index (Phi) is 4.05. The third-order valence-corrected chi connectivity index (χ3v) is 5.73. The van der Waals surface area contributed by atoms with Gasteiger partial charge in [-0.25, -0.2) is 14.1 Å². The monoisotopic (exact) mass is 366 g/mol. The minimum absolute atomic E-state index is 0.263. The van der Waals surface area contributed by atoms with E-state index in [-0.39, 0.29) is 11.4 Å². The molecule has 4 rings (SSSR count). The number of benzene rings is 1. The van der Waals surface area contributed by atoms with Gasteiger partial charge in [-0.05, 0) is 56.0 Å². The van der Waals surface area contributed by atoms with E-state index in [1.165, 1.54) is 51.4 Å². The van der Waals surface area contributed by atoms with Crippen molar-refractivity contribution in [3.05, 3.63) is 67.7 Å². The maximum absolute atomic E-state index is 13.1. The van der Waals surface area contributed by atoms with Crippen molar-refractivity contribution >= 4 is 22.6 Å². The van der Waals surface area contributed by atoms with Crippen LogP contribution in [0.25, 0.3) is 5.69 Å². The topological polar surface area (TPSA) is 73.9 Å². The first-order valence-corrected chi connectivity index (χ1v) is 9.06. The number of nitrogens with zero attached hydrogens (tertiary/aromatic N) is 3. The Hall–Kier alpha value is -2.98. The number of thiophene rings is 1. The first kappa shape index (κ1) is 16.5. The minimum Gasteiger partial charge on any atom is -0.295 e. The van der Waals surface area contributed by atoms with Crippen molar-refractivity contribution in [2.75, 3.05) is 0 Å². The zero-order chi connectivity index (χ0) is 18.3. The van der Waals surface area contributed by atoms with Crippen LogP contribution in [0.4, 0.5) is 9.39 Å². The Morgan fingerprint density at radius 1 is 1.35 bits per heavy atom. The number of hydrogen-bond donors (Lipinski definition) is 1. The standard InChI is InChI=1S/C19H15FN4OS/c1-11-16(19(25)24(23-11)13-7-5-12(20)6-8-13)10-22-18-15(9-21)14-3-2-4-17(14)26-18/h5-8,10,23H,2-4H2,1H3/b22-10+. The average Bonchev–Trinajstić information content (AvgIpc) is 3.28. The molecule has 0 atom stereocenters. The molecule has 2 aromatic heterocycles. The highest BCUT2D eigenvalue weighted by molar-refractivity contribution is 7.16. The number of nitrogens with one attached hydrogen (secondary N) is 1. The molecule has 0 saturated carbocycles. The maximum atomic E-state index is 13.1. The third-order valence-electron chi connectivity index (χ3n) is 4.53. The van der Waals surface area contributed by atoms with Crippen molar-refractivity contribution in [1.29, 1.82) is 5.26 Å². The predicted octanol–water partition coefficient (Wildman–Crippen LogP) is 3.79. The molecule has 3 aromatic rings. The van der Waals surface area contributed by atoms with Gasteiger partial charge in [0.05, 0.1) is 16.8 Å². The Morgan fingerprint density at radius 3 is 2.85 bits per heavy atom. The second-order valence-electron chi connectivity index (χ2n) is 6.17. The number of fused-ring (bicyclic) bond motifs is 1. The Labute approximate surface area is 153 Å². The van der Waals surface area contributed by atoms with E-state index in [2.05, 4.69) is 16.2 Å². The Balaban J connectivity index is 1.72. The molecule has 0 bridgehead atoms. The quantitative estimate of drug-likeness (QED) is 0.716. The van der Waals surface area contributed by atoms with E-state index >= 15 is 0 Å². The van der Waals surface area contributed by atoms with Crippen molar-refractivity contribution in [1.82, 2.24) is 9.78 Å². The summed E-state index contributed by atoms with van der Waals surface area (Å²) in [7, 11) is 0. The number of aliphatic imine (C=N–C) groups is 1. The summed E-state index contributed by atoms with van der Waals surface area (Å²) in [6.45, 7) is 1.78. The van der Waals surface area contributed by atoms with Gasteiger partial charge in [0.15, 0.2) is 0 Å². The lowest BCUT2D eigenvalue weighted by atomic mass is 10.1. The predicted molar refractivity (Wildman–Crippen MR) is 99.4 cm³/mol. The largest absolute Gasteiger partial charge is 0.295 e. The molecule has 0 aliphatic heterocycles.